The smallest absolute Gasteiger partial charge is 0.309 e. The van der Waals surface area contributed by atoms with Gasteiger partial charge in [-0.1, -0.05) is 76.0 Å². The lowest BCUT2D eigenvalue weighted by molar-refractivity contribution is -0.139. The Hall–Kier alpha value is -2.30. The first-order valence-electron chi connectivity index (χ1n) is 11.4. The summed E-state index contributed by atoms with van der Waals surface area (Å²) in [6.07, 6.45) is 15.9. The maximum absolute atomic E-state index is 12.4. The molecule has 0 aliphatic heterocycles. The highest BCUT2D eigenvalue weighted by molar-refractivity contribution is 6.35. The molecule has 1 aromatic carbocycles. The topological polar surface area (TPSA) is 74.0 Å². The summed E-state index contributed by atoms with van der Waals surface area (Å²) in [7, 11) is 0. The number of fused-ring (bicyclic) bond motifs is 1. The van der Waals surface area contributed by atoms with Crippen molar-refractivity contribution in [2.24, 2.45) is 0 Å². The Kier molecular flexibility index (Phi) is 8.59. The van der Waals surface area contributed by atoms with Gasteiger partial charge in [0.25, 0.3) is 0 Å². The minimum absolute atomic E-state index is 0.126. The molecule has 5 heteroatoms. The largest absolute Gasteiger partial charge is 0.361 e. The first-order valence-corrected chi connectivity index (χ1v) is 11.4. The third kappa shape index (κ3) is 6.91. The lowest BCUT2D eigenvalue weighted by Crippen LogP contribution is -2.45. The van der Waals surface area contributed by atoms with Gasteiger partial charge < -0.3 is 15.6 Å². The third-order valence-electron chi connectivity index (χ3n) is 6.00. The molecule has 0 bridgehead atoms. The van der Waals surface area contributed by atoms with E-state index >= 15 is 0 Å². The molecule has 0 saturated heterocycles. The number of carbonyl (C=O) groups excluding carboxylic acids is 2. The van der Waals surface area contributed by atoms with E-state index in [4.69, 9.17) is 0 Å². The van der Waals surface area contributed by atoms with E-state index < -0.39 is 11.8 Å². The monoisotopic (exact) mass is 397 g/mol. The van der Waals surface area contributed by atoms with E-state index in [2.05, 4.69) is 21.7 Å². The molecule has 3 rings (SSSR count). The maximum Gasteiger partial charge on any atom is 0.309 e. The van der Waals surface area contributed by atoms with Gasteiger partial charge in [0.1, 0.15) is 0 Å². The Labute approximate surface area is 174 Å². The van der Waals surface area contributed by atoms with Crippen LogP contribution in [0.5, 0.6) is 0 Å². The third-order valence-corrected chi connectivity index (χ3v) is 6.00. The van der Waals surface area contributed by atoms with E-state index in [0.29, 0.717) is 13.0 Å². The minimum atomic E-state index is -0.518. The highest BCUT2D eigenvalue weighted by Gasteiger charge is 2.18. The summed E-state index contributed by atoms with van der Waals surface area (Å²) in [5, 5.41) is 6.93. The molecule has 2 amide bonds. The number of rotatable bonds is 4. The second-order valence-corrected chi connectivity index (χ2v) is 8.30. The predicted molar refractivity (Wildman–Crippen MR) is 118 cm³/mol. The molecule has 3 N–H and O–H groups in total. The quantitative estimate of drug-likeness (QED) is 0.659. The van der Waals surface area contributed by atoms with Crippen LogP contribution < -0.4 is 10.6 Å². The number of aromatic amines is 1. The molecule has 1 aliphatic rings. The molecule has 2 aromatic rings. The Morgan fingerprint density at radius 2 is 1.48 bits per heavy atom. The van der Waals surface area contributed by atoms with E-state index in [-0.39, 0.29) is 6.04 Å². The van der Waals surface area contributed by atoms with Crippen LogP contribution in [-0.2, 0) is 16.0 Å². The van der Waals surface area contributed by atoms with Crippen molar-refractivity contribution in [2.45, 2.75) is 83.1 Å². The van der Waals surface area contributed by atoms with E-state index in [0.717, 1.165) is 36.8 Å². The number of carbonyl (C=O) groups is 2. The number of para-hydroxylation sites is 1. The molecular weight excluding hydrogens is 362 g/mol. The minimum Gasteiger partial charge on any atom is -0.361 e. The Balaban J connectivity index is 1.42. The van der Waals surface area contributed by atoms with Gasteiger partial charge in [0, 0.05) is 29.7 Å². The van der Waals surface area contributed by atoms with Crippen molar-refractivity contribution in [1.82, 2.24) is 15.6 Å². The van der Waals surface area contributed by atoms with Crippen molar-refractivity contribution in [2.75, 3.05) is 6.54 Å². The van der Waals surface area contributed by atoms with Gasteiger partial charge in [0.2, 0.25) is 0 Å². The van der Waals surface area contributed by atoms with Crippen LogP contribution in [0.15, 0.2) is 30.5 Å². The van der Waals surface area contributed by atoms with Crippen molar-refractivity contribution in [3.63, 3.8) is 0 Å². The summed E-state index contributed by atoms with van der Waals surface area (Å²) in [5.41, 5.74) is 2.25. The second kappa shape index (κ2) is 11.6. The standard InChI is InChI=1S/C24H35N3O2/c28-23(25-17-16-19-18-26-22-15-11-10-14-21(19)22)24(29)27-20-12-8-6-4-2-1-3-5-7-9-13-20/h10-11,14-15,18,20,26H,1-9,12-13,16-17H2,(H,25,28)(H,27,29). The lowest BCUT2D eigenvalue weighted by atomic mass is 9.98. The predicted octanol–water partition coefficient (Wildman–Crippen LogP) is 4.62. The molecule has 0 atom stereocenters. The number of hydrogen-bond acceptors (Lipinski definition) is 2. The molecule has 1 fully saturated rings. The molecule has 1 aromatic heterocycles. The first kappa shape index (κ1) is 21.4. The molecule has 158 valence electrons. The molecule has 0 radical (unpaired) electrons. The summed E-state index contributed by atoms with van der Waals surface area (Å²) >= 11 is 0. The van der Waals surface area contributed by atoms with Gasteiger partial charge in [0.05, 0.1) is 0 Å². The zero-order valence-corrected chi connectivity index (χ0v) is 17.5. The summed E-state index contributed by atoms with van der Waals surface area (Å²) in [6, 6.07) is 8.24. The fraction of sp³-hybridized carbons (Fsp3) is 0.583. The summed E-state index contributed by atoms with van der Waals surface area (Å²) in [4.78, 5) is 27.9. The Morgan fingerprint density at radius 3 is 2.17 bits per heavy atom. The molecular formula is C24H35N3O2. The van der Waals surface area contributed by atoms with Crippen molar-refractivity contribution >= 4 is 22.7 Å². The fourth-order valence-corrected chi connectivity index (χ4v) is 4.29. The van der Waals surface area contributed by atoms with Crippen molar-refractivity contribution < 1.29 is 9.59 Å². The van der Waals surface area contributed by atoms with E-state index in [1.54, 1.807) is 0 Å². The van der Waals surface area contributed by atoms with Crippen molar-refractivity contribution in [3.05, 3.63) is 36.0 Å². The van der Waals surface area contributed by atoms with Gasteiger partial charge in [-0.2, -0.15) is 0 Å². The van der Waals surface area contributed by atoms with Crippen LogP contribution >= 0.6 is 0 Å². The number of aromatic nitrogens is 1. The first-order chi connectivity index (χ1) is 14.2. The maximum atomic E-state index is 12.4. The average molecular weight is 398 g/mol. The molecule has 0 unspecified atom stereocenters. The van der Waals surface area contributed by atoms with Crippen LogP contribution in [0.4, 0.5) is 0 Å². The zero-order valence-electron chi connectivity index (χ0n) is 17.5. The van der Waals surface area contributed by atoms with Gasteiger partial charge in [-0.25, -0.2) is 0 Å². The van der Waals surface area contributed by atoms with Crippen molar-refractivity contribution in [1.29, 1.82) is 0 Å². The van der Waals surface area contributed by atoms with Crippen LogP contribution in [0.2, 0.25) is 0 Å². The van der Waals surface area contributed by atoms with Crippen LogP contribution in [0.25, 0.3) is 10.9 Å². The van der Waals surface area contributed by atoms with Crippen LogP contribution in [0, 0.1) is 0 Å². The Bertz CT molecular complexity index is 771. The van der Waals surface area contributed by atoms with E-state index in [9.17, 15) is 9.59 Å². The second-order valence-electron chi connectivity index (χ2n) is 8.30. The number of H-pyrrole nitrogens is 1. The molecule has 1 aliphatic carbocycles. The number of hydrogen-bond donors (Lipinski definition) is 3. The molecule has 1 saturated carbocycles. The highest BCUT2D eigenvalue weighted by atomic mass is 16.2. The lowest BCUT2D eigenvalue weighted by Gasteiger charge is -2.19. The van der Waals surface area contributed by atoms with E-state index in [1.807, 2.05) is 24.4 Å². The average Bonchev–Trinajstić information content (AvgIpc) is 3.13. The van der Waals surface area contributed by atoms with Crippen LogP contribution in [-0.4, -0.2) is 29.4 Å². The van der Waals surface area contributed by atoms with Crippen LogP contribution in [0.1, 0.15) is 76.2 Å². The van der Waals surface area contributed by atoms with Crippen LogP contribution in [0.3, 0.4) is 0 Å². The molecule has 5 nitrogen and oxygen atoms in total. The van der Waals surface area contributed by atoms with Gasteiger partial charge in [0.15, 0.2) is 0 Å². The number of benzene rings is 1. The van der Waals surface area contributed by atoms with Gasteiger partial charge in [-0.05, 0) is 30.9 Å². The van der Waals surface area contributed by atoms with Gasteiger partial charge in [-0.15, -0.1) is 0 Å². The summed E-state index contributed by atoms with van der Waals surface area (Å²) in [5.74, 6) is -1.00. The summed E-state index contributed by atoms with van der Waals surface area (Å²) < 4.78 is 0. The summed E-state index contributed by atoms with van der Waals surface area (Å²) in [6.45, 7) is 0.457. The normalized spacial score (nSPS) is 17.2. The SMILES string of the molecule is O=C(NCCc1c[nH]c2ccccc12)C(=O)NC1CCCCCCCCCCC1. The number of amides is 2. The fourth-order valence-electron chi connectivity index (χ4n) is 4.29. The number of nitrogens with one attached hydrogen (secondary N) is 3. The van der Waals surface area contributed by atoms with Crippen molar-refractivity contribution in [3.8, 4) is 0 Å². The molecule has 29 heavy (non-hydrogen) atoms. The zero-order chi connectivity index (χ0) is 20.3. The molecule has 1 heterocycles. The van der Waals surface area contributed by atoms with Gasteiger partial charge >= 0.3 is 11.8 Å². The Morgan fingerprint density at radius 1 is 0.862 bits per heavy atom. The van der Waals surface area contributed by atoms with E-state index in [1.165, 1.54) is 50.3 Å². The molecule has 0 spiro atoms. The highest BCUT2D eigenvalue weighted by Crippen LogP contribution is 2.18. The van der Waals surface area contributed by atoms with Gasteiger partial charge in [-0.3, -0.25) is 9.59 Å².